The van der Waals surface area contributed by atoms with Gasteiger partial charge in [0.15, 0.2) is 0 Å². The fourth-order valence-corrected chi connectivity index (χ4v) is 1.02. The predicted octanol–water partition coefficient (Wildman–Crippen LogP) is -0.608. The van der Waals surface area contributed by atoms with Gasteiger partial charge in [-0.1, -0.05) is 0 Å². The topological polar surface area (TPSA) is 66.4 Å². The monoisotopic (exact) mass is 173 g/mol. The van der Waals surface area contributed by atoms with Gasteiger partial charge in [-0.25, -0.2) is 0 Å². The van der Waals surface area contributed by atoms with E-state index in [1.807, 2.05) is 5.23 Å². The molecule has 0 aromatic rings. The van der Waals surface area contributed by atoms with Gasteiger partial charge in [0.1, 0.15) is 5.25 Å². The van der Waals surface area contributed by atoms with Crippen LogP contribution in [0.3, 0.4) is 0 Å². The van der Waals surface area contributed by atoms with Crippen LogP contribution >= 0.6 is 11.8 Å². The zero-order valence-corrected chi connectivity index (χ0v) is 6.85. The van der Waals surface area contributed by atoms with Crippen LogP contribution in [0.25, 0.3) is 0 Å². The van der Waals surface area contributed by atoms with Crippen LogP contribution in [0.5, 0.6) is 0 Å². The van der Waals surface area contributed by atoms with Crippen molar-refractivity contribution in [2.75, 3.05) is 6.26 Å². The van der Waals surface area contributed by atoms with E-state index in [1.165, 1.54) is 0 Å². The summed E-state index contributed by atoms with van der Waals surface area (Å²) < 4.78 is 0. The Kier molecular flexibility index (Phi) is 4.77. The van der Waals surface area contributed by atoms with Gasteiger partial charge in [-0.3, -0.25) is 9.59 Å². The van der Waals surface area contributed by atoms with Crippen LogP contribution in [0.1, 0.15) is 6.42 Å². The fourth-order valence-electron chi connectivity index (χ4n) is 0.499. The zero-order valence-electron chi connectivity index (χ0n) is 6.03. The molecule has 2 radical (unpaired) electrons. The minimum atomic E-state index is -0.999. The summed E-state index contributed by atoms with van der Waals surface area (Å²) in [6, 6.07) is 0. The summed E-state index contributed by atoms with van der Waals surface area (Å²) in [4.78, 5) is 20.9. The SMILES string of the molecule is [B]NC(=O)C[C@@H](SC)C(=O)O. The Balaban J connectivity index is 3.88. The Hall–Kier alpha value is -0.645. The van der Waals surface area contributed by atoms with E-state index in [-0.39, 0.29) is 6.42 Å². The molecule has 1 amide bonds. The van der Waals surface area contributed by atoms with Crippen LogP contribution in [-0.4, -0.2) is 36.5 Å². The first-order chi connectivity index (χ1) is 5.11. The van der Waals surface area contributed by atoms with Crippen molar-refractivity contribution in [3.8, 4) is 0 Å². The number of hydrogen-bond acceptors (Lipinski definition) is 3. The van der Waals surface area contributed by atoms with Crippen LogP contribution in [0.2, 0.25) is 0 Å². The molecule has 0 fully saturated rings. The molecule has 60 valence electrons. The Morgan fingerprint density at radius 2 is 2.27 bits per heavy atom. The van der Waals surface area contributed by atoms with Crippen LogP contribution in [0.4, 0.5) is 0 Å². The average Bonchev–Trinajstić information content (AvgIpc) is 1.99. The number of carbonyl (C=O) groups excluding carboxylic acids is 1. The van der Waals surface area contributed by atoms with E-state index in [4.69, 9.17) is 13.1 Å². The van der Waals surface area contributed by atoms with Gasteiger partial charge in [-0.05, 0) is 6.26 Å². The molecule has 1 atom stereocenters. The molecule has 2 N–H and O–H groups in total. The Morgan fingerprint density at radius 1 is 1.73 bits per heavy atom. The number of carbonyl (C=O) groups is 2. The Bertz CT molecular complexity index is 164. The molecule has 0 bridgehead atoms. The molecular formula is C5H8BNO3S. The second-order valence-electron chi connectivity index (χ2n) is 1.83. The summed E-state index contributed by atoms with van der Waals surface area (Å²) in [6.45, 7) is 0. The second-order valence-corrected chi connectivity index (χ2v) is 2.87. The van der Waals surface area contributed by atoms with Crippen molar-refractivity contribution in [2.24, 2.45) is 0 Å². The van der Waals surface area contributed by atoms with Crippen molar-refractivity contribution in [1.29, 1.82) is 0 Å². The normalized spacial score (nSPS) is 12.1. The molecule has 0 saturated carbocycles. The predicted molar refractivity (Wildman–Crippen MR) is 43.5 cm³/mol. The molecule has 0 aliphatic carbocycles. The summed E-state index contributed by atoms with van der Waals surface area (Å²) in [5.41, 5.74) is 0. The van der Waals surface area contributed by atoms with E-state index in [0.717, 1.165) is 11.8 Å². The molecule has 0 aliphatic heterocycles. The quantitative estimate of drug-likeness (QED) is 0.556. The smallest absolute Gasteiger partial charge is 0.317 e. The van der Waals surface area contributed by atoms with E-state index < -0.39 is 17.1 Å². The van der Waals surface area contributed by atoms with Gasteiger partial charge in [0.25, 0.3) is 0 Å². The van der Waals surface area contributed by atoms with Gasteiger partial charge in [-0.15, -0.1) is 11.8 Å². The van der Waals surface area contributed by atoms with E-state index >= 15 is 0 Å². The van der Waals surface area contributed by atoms with Crippen molar-refractivity contribution >= 4 is 31.6 Å². The zero-order chi connectivity index (χ0) is 8.85. The van der Waals surface area contributed by atoms with Crippen molar-refractivity contribution in [3.05, 3.63) is 0 Å². The molecule has 0 aliphatic rings. The molecule has 0 aromatic carbocycles. The molecule has 0 spiro atoms. The molecule has 0 aromatic heterocycles. The molecule has 0 rings (SSSR count). The largest absolute Gasteiger partial charge is 0.480 e. The van der Waals surface area contributed by atoms with Gasteiger partial charge in [0.2, 0.25) is 13.9 Å². The van der Waals surface area contributed by atoms with Gasteiger partial charge in [0, 0.05) is 6.42 Å². The molecule has 0 heterocycles. The molecule has 11 heavy (non-hydrogen) atoms. The number of amides is 1. The number of nitrogens with one attached hydrogen (secondary N) is 1. The number of rotatable bonds is 4. The third kappa shape index (κ3) is 3.92. The second kappa shape index (κ2) is 5.06. The Morgan fingerprint density at radius 3 is 2.55 bits per heavy atom. The summed E-state index contributed by atoms with van der Waals surface area (Å²) in [7, 11) is 4.77. The number of aliphatic carboxylic acids is 1. The molecule has 0 unspecified atom stereocenters. The highest BCUT2D eigenvalue weighted by Gasteiger charge is 2.18. The lowest BCUT2D eigenvalue weighted by molar-refractivity contribution is -0.138. The highest BCUT2D eigenvalue weighted by molar-refractivity contribution is 7.99. The first-order valence-electron chi connectivity index (χ1n) is 2.86. The standard InChI is InChI=1S/C5H8BNO3S/c1-11-3(5(9)10)2-4(8)7-6/h3H,2H2,1H3,(H,7,8)(H,9,10)/t3-/m1/s1. The van der Waals surface area contributed by atoms with Gasteiger partial charge >= 0.3 is 5.97 Å². The maximum absolute atomic E-state index is 10.6. The molecular weight excluding hydrogens is 165 g/mol. The van der Waals surface area contributed by atoms with E-state index in [0.29, 0.717) is 0 Å². The summed E-state index contributed by atoms with van der Waals surface area (Å²) in [5, 5.41) is 9.64. The summed E-state index contributed by atoms with van der Waals surface area (Å²) in [6.07, 6.45) is 1.54. The van der Waals surface area contributed by atoms with Crippen LogP contribution in [0, 0.1) is 0 Å². The molecule has 0 saturated heterocycles. The van der Waals surface area contributed by atoms with Crippen molar-refractivity contribution in [3.63, 3.8) is 0 Å². The minimum Gasteiger partial charge on any atom is -0.480 e. The van der Waals surface area contributed by atoms with Crippen LogP contribution < -0.4 is 5.23 Å². The lowest BCUT2D eigenvalue weighted by Gasteiger charge is -2.06. The first-order valence-corrected chi connectivity index (χ1v) is 4.15. The highest BCUT2D eigenvalue weighted by atomic mass is 32.2. The average molecular weight is 173 g/mol. The fraction of sp³-hybridized carbons (Fsp3) is 0.600. The third-order valence-electron chi connectivity index (χ3n) is 1.09. The minimum absolute atomic E-state index is 0.0903. The van der Waals surface area contributed by atoms with Crippen molar-refractivity contribution in [2.45, 2.75) is 11.7 Å². The highest BCUT2D eigenvalue weighted by Crippen LogP contribution is 2.10. The summed E-state index contributed by atoms with van der Waals surface area (Å²) >= 11 is 1.11. The van der Waals surface area contributed by atoms with E-state index in [1.54, 1.807) is 6.26 Å². The maximum Gasteiger partial charge on any atom is 0.317 e. The molecule has 6 heteroatoms. The van der Waals surface area contributed by atoms with Crippen LogP contribution in [0.15, 0.2) is 0 Å². The van der Waals surface area contributed by atoms with E-state index in [9.17, 15) is 9.59 Å². The third-order valence-corrected chi connectivity index (χ3v) is 2.03. The van der Waals surface area contributed by atoms with Crippen molar-refractivity contribution in [1.82, 2.24) is 5.23 Å². The van der Waals surface area contributed by atoms with E-state index in [2.05, 4.69) is 0 Å². The number of hydrogen-bond donors (Lipinski definition) is 2. The maximum atomic E-state index is 10.6. The first kappa shape index (κ1) is 10.4. The van der Waals surface area contributed by atoms with Gasteiger partial charge < -0.3 is 10.3 Å². The molecule has 4 nitrogen and oxygen atoms in total. The summed E-state index contributed by atoms with van der Waals surface area (Å²) in [5.74, 6) is -1.46. The van der Waals surface area contributed by atoms with Gasteiger partial charge in [0.05, 0.1) is 0 Å². The number of carboxylic acid groups (broad SMARTS) is 1. The number of thioether (sulfide) groups is 1. The lowest BCUT2D eigenvalue weighted by atomic mass is 10.2. The van der Waals surface area contributed by atoms with Crippen molar-refractivity contribution < 1.29 is 14.7 Å². The Labute approximate surface area is 70.2 Å². The lowest BCUT2D eigenvalue weighted by Crippen LogP contribution is -2.27. The van der Waals surface area contributed by atoms with Gasteiger partial charge in [-0.2, -0.15) is 0 Å². The van der Waals surface area contributed by atoms with Crippen LogP contribution in [-0.2, 0) is 9.59 Å². The number of carboxylic acids is 1.